The molecular weight excluding hydrogens is 314 g/mol. The summed E-state index contributed by atoms with van der Waals surface area (Å²) >= 11 is 0. The zero-order valence-electron chi connectivity index (χ0n) is 14.4. The van der Waals surface area contributed by atoms with E-state index in [2.05, 4.69) is 15.6 Å². The van der Waals surface area contributed by atoms with Crippen molar-refractivity contribution in [2.24, 2.45) is 0 Å². The molecule has 25 heavy (non-hydrogen) atoms. The number of rotatable bonds is 7. The minimum absolute atomic E-state index is 0.101. The van der Waals surface area contributed by atoms with E-state index < -0.39 is 0 Å². The Morgan fingerprint density at radius 1 is 1.08 bits per heavy atom. The van der Waals surface area contributed by atoms with Gasteiger partial charge in [-0.15, -0.1) is 0 Å². The second-order valence-electron chi connectivity index (χ2n) is 6.37. The van der Waals surface area contributed by atoms with E-state index in [4.69, 9.17) is 4.74 Å². The van der Waals surface area contributed by atoms with Crippen molar-refractivity contribution in [1.29, 1.82) is 0 Å². The van der Waals surface area contributed by atoms with Crippen LogP contribution in [0.5, 0.6) is 5.75 Å². The van der Waals surface area contributed by atoms with Crippen LogP contribution in [0.2, 0.25) is 0 Å². The zero-order chi connectivity index (χ0) is 17.3. The smallest absolute Gasteiger partial charge is 0.228 e. The minimum atomic E-state index is -0.101. The van der Waals surface area contributed by atoms with Gasteiger partial charge < -0.3 is 15.4 Å². The predicted octanol–water partition coefficient (Wildman–Crippen LogP) is 4.23. The molecule has 0 atom stereocenters. The van der Waals surface area contributed by atoms with Gasteiger partial charge in [0, 0.05) is 6.04 Å². The third-order valence-corrected chi connectivity index (χ3v) is 4.35. The molecule has 1 heterocycles. The number of nitrogens with zero attached hydrogens (tertiary/aromatic N) is 1. The van der Waals surface area contributed by atoms with Gasteiger partial charge in [-0.25, -0.2) is 4.98 Å². The lowest BCUT2D eigenvalue weighted by atomic mass is 9.95. The highest BCUT2D eigenvalue weighted by Gasteiger charge is 2.13. The Kier molecular flexibility index (Phi) is 6.26. The summed E-state index contributed by atoms with van der Waals surface area (Å²) in [4.78, 5) is 16.3. The van der Waals surface area contributed by atoms with Crippen LogP contribution >= 0.6 is 0 Å². The number of hydrogen-bond acceptors (Lipinski definition) is 4. The summed E-state index contributed by atoms with van der Waals surface area (Å²) in [5.41, 5.74) is 1.01. The highest BCUT2D eigenvalue weighted by atomic mass is 16.5. The largest absolute Gasteiger partial charge is 0.493 e. The number of benzene rings is 1. The molecule has 1 aliphatic rings. The lowest BCUT2D eigenvalue weighted by molar-refractivity contribution is -0.116. The first-order valence-corrected chi connectivity index (χ1v) is 9.00. The molecule has 0 spiro atoms. The van der Waals surface area contributed by atoms with Crippen LogP contribution in [0.1, 0.15) is 38.5 Å². The second kappa shape index (κ2) is 9.06. The second-order valence-corrected chi connectivity index (χ2v) is 6.37. The Morgan fingerprint density at radius 3 is 2.60 bits per heavy atom. The maximum Gasteiger partial charge on any atom is 0.228 e. The molecule has 2 aromatic rings. The molecule has 1 aromatic heterocycles. The first-order chi connectivity index (χ1) is 12.3. The highest BCUT2D eigenvalue weighted by molar-refractivity contribution is 5.89. The average Bonchev–Trinajstić information content (AvgIpc) is 2.65. The Labute approximate surface area is 148 Å². The average molecular weight is 339 g/mol. The van der Waals surface area contributed by atoms with Crippen LogP contribution in [0.3, 0.4) is 0 Å². The Bertz CT molecular complexity index is 652. The van der Waals surface area contributed by atoms with E-state index in [0.29, 0.717) is 24.9 Å². The molecular formula is C20H25N3O2. The maximum absolute atomic E-state index is 12.0. The molecule has 1 aromatic carbocycles. The van der Waals surface area contributed by atoms with E-state index in [0.717, 1.165) is 11.4 Å². The normalized spacial score (nSPS) is 14.7. The van der Waals surface area contributed by atoms with E-state index in [-0.39, 0.29) is 5.91 Å². The van der Waals surface area contributed by atoms with Crippen molar-refractivity contribution >= 4 is 17.4 Å². The van der Waals surface area contributed by atoms with Gasteiger partial charge in [-0.2, -0.15) is 0 Å². The predicted molar refractivity (Wildman–Crippen MR) is 99.9 cm³/mol. The monoisotopic (exact) mass is 339 g/mol. The summed E-state index contributed by atoms with van der Waals surface area (Å²) in [7, 11) is 0. The number of carbonyl (C=O) groups excluding carboxylic acids is 1. The fraction of sp³-hybridized carbons (Fsp3) is 0.400. The molecule has 1 fully saturated rings. The van der Waals surface area contributed by atoms with Crippen molar-refractivity contribution in [3.63, 3.8) is 0 Å². The van der Waals surface area contributed by atoms with Crippen molar-refractivity contribution < 1.29 is 9.53 Å². The first-order valence-electron chi connectivity index (χ1n) is 9.00. The summed E-state index contributed by atoms with van der Waals surface area (Å²) in [5, 5.41) is 6.32. The molecule has 5 nitrogen and oxygen atoms in total. The molecule has 0 bridgehead atoms. The van der Waals surface area contributed by atoms with Gasteiger partial charge in [0.1, 0.15) is 11.6 Å². The quantitative estimate of drug-likeness (QED) is 0.792. The van der Waals surface area contributed by atoms with Crippen molar-refractivity contribution in [1.82, 2.24) is 4.98 Å². The number of amides is 1. The van der Waals surface area contributed by atoms with Gasteiger partial charge in [-0.3, -0.25) is 4.79 Å². The molecule has 5 heteroatoms. The third kappa shape index (κ3) is 5.78. The highest BCUT2D eigenvalue weighted by Crippen LogP contribution is 2.21. The number of hydrogen-bond donors (Lipinski definition) is 2. The molecule has 0 aliphatic heterocycles. The molecule has 2 N–H and O–H groups in total. The van der Waals surface area contributed by atoms with E-state index in [9.17, 15) is 4.79 Å². The van der Waals surface area contributed by atoms with E-state index in [1.165, 1.54) is 32.1 Å². The lowest BCUT2D eigenvalue weighted by Gasteiger charge is -2.23. The van der Waals surface area contributed by atoms with Crippen molar-refractivity contribution in [3.8, 4) is 5.75 Å². The van der Waals surface area contributed by atoms with Crippen LogP contribution in [-0.4, -0.2) is 23.5 Å². The van der Waals surface area contributed by atoms with E-state index in [1.54, 1.807) is 6.20 Å². The number of nitrogens with one attached hydrogen (secondary N) is 2. The van der Waals surface area contributed by atoms with Gasteiger partial charge in [0.05, 0.1) is 24.9 Å². The fourth-order valence-electron chi connectivity index (χ4n) is 3.02. The maximum atomic E-state index is 12.0. The Hall–Kier alpha value is -2.56. The van der Waals surface area contributed by atoms with E-state index >= 15 is 0 Å². The van der Waals surface area contributed by atoms with Crippen LogP contribution < -0.4 is 15.4 Å². The summed E-state index contributed by atoms with van der Waals surface area (Å²) in [6, 6.07) is 13.8. The SMILES string of the molecule is O=C(CCOc1ccccc1)Nc1ccc(NC2CCCCC2)cn1. The van der Waals surface area contributed by atoms with Crippen LogP contribution in [0, 0.1) is 0 Å². The van der Waals surface area contributed by atoms with Crippen LogP contribution in [0.25, 0.3) is 0 Å². The summed E-state index contributed by atoms with van der Waals surface area (Å²) in [6.45, 7) is 0.344. The Balaban J connectivity index is 1.40. The van der Waals surface area contributed by atoms with Gasteiger partial charge in [0.15, 0.2) is 0 Å². The number of para-hydroxylation sites is 1. The van der Waals surface area contributed by atoms with Gasteiger partial charge in [0.2, 0.25) is 5.91 Å². The zero-order valence-corrected chi connectivity index (χ0v) is 14.4. The minimum Gasteiger partial charge on any atom is -0.493 e. The first kappa shape index (κ1) is 17.3. The summed E-state index contributed by atoms with van der Waals surface area (Å²) < 4.78 is 5.53. The van der Waals surface area contributed by atoms with Gasteiger partial charge in [-0.05, 0) is 37.1 Å². The summed E-state index contributed by atoms with van der Waals surface area (Å²) in [5.74, 6) is 1.24. The molecule has 0 unspecified atom stereocenters. The number of carbonyl (C=O) groups is 1. The lowest BCUT2D eigenvalue weighted by Crippen LogP contribution is -2.22. The number of pyridine rings is 1. The molecule has 132 valence electrons. The van der Waals surface area contributed by atoms with Crippen molar-refractivity contribution in [2.45, 2.75) is 44.6 Å². The number of anilines is 2. The van der Waals surface area contributed by atoms with Crippen molar-refractivity contribution in [2.75, 3.05) is 17.2 Å². The molecule has 1 aliphatic carbocycles. The fourth-order valence-corrected chi connectivity index (χ4v) is 3.02. The van der Waals surface area contributed by atoms with E-state index in [1.807, 2.05) is 42.5 Å². The van der Waals surface area contributed by atoms with Crippen LogP contribution in [-0.2, 0) is 4.79 Å². The number of ether oxygens (including phenoxy) is 1. The molecule has 3 rings (SSSR count). The Morgan fingerprint density at radius 2 is 1.88 bits per heavy atom. The number of aromatic nitrogens is 1. The third-order valence-electron chi connectivity index (χ3n) is 4.35. The van der Waals surface area contributed by atoms with Crippen molar-refractivity contribution in [3.05, 3.63) is 48.7 Å². The van der Waals surface area contributed by atoms with Gasteiger partial charge in [-0.1, -0.05) is 37.5 Å². The molecule has 1 saturated carbocycles. The molecule has 0 radical (unpaired) electrons. The molecule has 1 amide bonds. The topological polar surface area (TPSA) is 63.2 Å². The summed E-state index contributed by atoms with van der Waals surface area (Å²) in [6.07, 6.45) is 8.45. The molecule has 0 saturated heterocycles. The van der Waals surface area contributed by atoms with Crippen LogP contribution in [0.15, 0.2) is 48.7 Å². The van der Waals surface area contributed by atoms with Crippen LogP contribution in [0.4, 0.5) is 11.5 Å². The standard InChI is InChI=1S/C20H25N3O2/c24-20(13-14-25-18-9-5-2-6-10-18)23-19-12-11-17(15-21-19)22-16-7-3-1-4-8-16/h2,5-6,9-12,15-16,22H,1,3-4,7-8,13-14H2,(H,21,23,24). The van der Waals surface area contributed by atoms with Gasteiger partial charge >= 0.3 is 0 Å². The van der Waals surface area contributed by atoms with Gasteiger partial charge in [0.25, 0.3) is 0 Å².